The monoisotopic (exact) mass is 369 g/mol. The van der Waals surface area contributed by atoms with Crippen LogP contribution in [0, 0.1) is 0 Å². The zero-order valence-corrected chi connectivity index (χ0v) is 14.2. The summed E-state index contributed by atoms with van der Waals surface area (Å²) in [6.45, 7) is 0. The summed E-state index contributed by atoms with van der Waals surface area (Å²) in [5.74, 6) is 1.55. The lowest BCUT2D eigenvalue weighted by Gasteiger charge is -2.17. The molecule has 0 amide bonds. The maximum absolute atomic E-state index is 6.33. The lowest BCUT2D eigenvalue weighted by molar-refractivity contribution is 0.405. The molecule has 0 saturated heterocycles. The van der Waals surface area contributed by atoms with Gasteiger partial charge in [0.05, 0.1) is 14.2 Å². The van der Waals surface area contributed by atoms with Gasteiger partial charge in [-0.05, 0) is 48.4 Å². The van der Waals surface area contributed by atoms with Crippen LogP contribution >= 0.6 is 27.5 Å². The maximum atomic E-state index is 6.33. The van der Waals surface area contributed by atoms with Gasteiger partial charge >= 0.3 is 0 Å². The van der Waals surface area contributed by atoms with Gasteiger partial charge in [-0.1, -0.05) is 27.5 Å². The Balaban J connectivity index is 2.29. The highest BCUT2D eigenvalue weighted by Crippen LogP contribution is 2.31. The van der Waals surface area contributed by atoms with E-state index in [1.165, 1.54) is 0 Å². The lowest BCUT2D eigenvalue weighted by Crippen LogP contribution is -2.15. The van der Waals surface area contributed by atoms with Gasteiger partial charge in [0.25, 0.3) is 0 Å². The van der Waals surface area contributed by atoms with E-state index in [2.05, 4.69) is 15.9 Å². The van der Waals surface area contributed by atoms with Gasteiger partial charge in [-0.3, -0.25) is 0 Å². The summed E-state index contributed by atoms with van der Waals surface area (Å²) in [6, 6.07) is 11.1. The average molecular weight is 371 g/mol. The minimum atomic E-state index is -0.220. The molecule has 1 unspecified atom stereocenters. The first-order chi connectivity index (χ1) is 10.0. The molecular weight excluding hydrogens is 354 g/mol. The smallest absolute Gasteiger partial charge is 0.123 e. The normalized spacial score (nSPS) is 12.0. The van der Waals surface area contributed by atoms with Crippen LogP contribution in [-0.4, -0.2) is 14.2 Å². The highest BCUT2D eigenvalue weighted by atomic mass is 79.9. The van der Waals surface area contributed by atoms with E-state index in [0.717, 1.165) is 27.1 Å². The van der Waals surface area contributed by atoms with Crippen LogP contribution in [0.2, 0.25) is 5.02 Å². The second-order valence-corrected chi connectivity index (χ2v) is 5.95. The summed E-state index contributed by atoms with van der Waals surface area (Å²) in [4.78, 5) is 0. The largest absolute Gasteiger partial charge is 0.497 e. The standard InChI is InChI=1S/C16H17BrClNO2/c1-20-12-4-5-14(17)10(7-12)8-15(19)13-9-11(18)3-6-16(13)21-2/h3-7,9,15H,8,19H2,1-2H3. The van der Waals surface area contributed by atoms with E-state index in [0.29, 0.717) is 11.4 Å². The predicted octanol–water partition coefficient (Wildman–Crippen LogP) is 4.36. The van der Waals surface area contributed by atoms with Crippen molar-refractivity contribution in [2.45, 2.75) is 12.5 Å². The van der Waals surface area contributed by atoms with Gasteiger partial charge in [-0.25, -0.2) is 0 Å². The van der Waals surface area contributed by atoms with Crippen molar-refractivity contribution in [2.24, 2.45) is 5.73 Å². The van der Waals surface area contributed by atoms with E-state index in [4.69, 9.17) is 26.8 Å². The molecule has 0 bridgehead atoms. The zero-order valence-electron chi connectivity index (χ0n) is 11.9. The Hall–Kier alpha value is -1.23. The second-order valence-electron chi connectivity index (χ2n) is 4.65. The van der Waals surface area contributed by atoms with Crippen molar-refractivity contribution in [1.29, 1.82) is 0 Å². The molecule has 0 aliphatic heterocycles. The fourth-order valence-corrected chi connectivity index (χ4v) is 2.77. The third-order valence-corrected chi connectivity index (χ3v) is 4.29. The molecule has 2 rings (SSSR count). The Morgan fingerprint density at radius 1 is 1.14 bits per heavy atom. The molecule has 0 aromatic heterocycles. The molecule has 0 aliphatic carbocycles. The predicted molar refractivity (Wildman–Crippen MR) is 89.3 cm³/mol. The van der Waals surface area contributed by atoms with Crippen molar-refractivity contribution in [3.05, 3.63) is 57.0 Å². The number of methoxy groups -OCH3 is 2. The summed E-state index contributed by atoms with van der Waals surface area (Å²) in [6.07, 6.45) is 0.647. The van der Waals surface area contributed by atoms with Crippen LogP contribution in [-0.2, 0) is 6.42 Å². The summed E-state index contributed by atoms with van der Waals surface area (Å²) in [5, 5.41) is 0.644. The Labute approximate surface area is 138 Å². The van der Waals surface area contributed by atoms with Gasteiger partial charge in [0.1, 0.15) is 11.5 Å². The number of hydrogen-bond acceptors (Lipinski definition) is 3. The highest BCUT2D eigenvalue weighted by molar-refractivity contribution is 9.10. The van der Waals surface area contributed by atoms with E-state index in [9.17, 15) is 0 Å². The van der Waals surface area contributed by atoms with Crippen LogP contribution in [0.5, 0.6) is 11.5 Å². The molecule has 0 radical (unpaired) electrons. The van der Waals surface area contributed by atoms with Crippen molar-refractivity contribution in [3.8, 4) is 11.5 Å². The van der Waals surface area contributed by atoms with Crippen LogP contribution in [0.4, 0.5) is 0 Å². The van der Waals surface area contributed by atoms with E-state index in [1.54, 1.807) is 20.3 Å². The average Bonchev–Trinajstić information content (AvgIpc) is 2.49. The molecule has 112 valence electrons. The molecule has 0 spiro atoms. The minimum absolute atomic E-state index is 0.220. The lowest BCUT2D eigenvalue weighted by atomic mass is 9.98. The molecular formula is C16H17BrClNO2. The third kappa shape index (κ3) is 3.90. The molecule has 21 heavy (non-hydrogen) atoms. The quantitative estimate of drug-likeness (QED) is 0.850. The van der Waals surface area contributed by atoms with E-state index >= 15 is 0 Å². The van der Waals surface area contributed by atoms with Gasteiger partial charge in [0.15, 0.2) is 0 Å². The van der Waals surface area contributed by atoms with Crippen molar-refractivity contribution in [3.63, 3.8) is 0 Å². The summed E-state index contributed by atoms with van der Waals surface area (Å²) in [7, 11) is 3.27. The fourth-order valence-electron chi connectivity index (χ4n) is 2.18. The number of halogens is 2. The third-order valence-electron chi connectivity index (χ3n) is 3.28. The number of hydrogen-bond donors (Lipinski definition) is 1. The van der Waals surface area contributed by atoms with Crippen molar-refractivity contribution in [1.82, 2.24) is 0 Å². The molecule has 5 heteroatoms. The second kappa shape index (κ2) is 7.16. The van der Waals surface area contributed by atoms with Crippen LogP contribution in [0.1, 0.15) is 17.2 Å². The fraction of sp³-hybridized carbons (Fsp3) is 0.250. The number of nitrogens with two attached hydrogens (primary N) is 1. The zero-order chi connectivity index (χ0) is 15.4. The van der Waals surface area contributed by atoms with Gasteiger partial charge in [0, 0.05) is 21.1 Å². The number of ether oxygens (including phenoxy) is 2. The SMILES string of the molecule is COc1ccc(Br)c(CC(N)c2cc(Cl)ccc2OC)c1. The Bertz CT molecular complexity index is 634. The Morgan fingerprint density at radius 3 is 2.57 bits per heavy atom. The molecule has 0 saturated carbocycles. The molecule has 2 aromatic carbocycles. The van der Waals surface area contributed by atoms with Gasteiger partial charge in [-0.15, -0.1) is 0 Å². The summed E-state index contributed by atoms with van der Waals surface area (Å²) >= 11 is 9.60. The molecule has 1 atom stereocenters. The van der Waals surface area contributed by atoms with Gasteiger partial charge in [-0.2, -0.15) is 0 Å². The van der Waals surface area contributed by atoms with E-state index in [1.807, 2.05) is 30.3 Å². The van der Waals surface area contributed by atoms with Crippen LogP contribution in [0.25, 0.3) is 0 Å². The van der Waals surface area contributed by atoms with Crippen molar-refractivity contribution >= 4 is 27.5 Å². The van der Waals surface area contributed by atoms with Gasteiger partial charge < -0.3 is 15.2 Å². The van der Waals surface area contributed by atoms with Crippen LogP contribution in [0.3, 0.4) is 0 Å². The first-order valence-electron chi connectivity index (χ1n) is 6.46. The van der Waals surface area contributed by atoms with Crippen LogP contribution in [0.15, 0.2) is 40.9 Å². The first-order valence-corrected chi connectivity index (χ1v) is 7.63. The number of rotatable bonds is 5. The highest BCUT2D eigenvalue weighted by Gasteiger charge is 2.15. The number of benzene rings is 2. The first kappa shape index (κ1) is 16.1. The van der Waals surface area contributed by atoms with Crippen LogP contribution < -0.4 is 15.2 Å². The van der Waals surface area contributed by atoms with Crippen molar-refractivity contribution < 1.29 is 9.47 Å². The van der Waals surface area contributed by atoms with E-state index in [-0.39, 0.29) is 6.04 Å². The van der Waals surface area contributed by atoms with Crippen molar-refractivity contribution in [2.75, 3.05) is 14.2 Å². The molecule has 3 nitrogen and oxygen atoms in total. The minimum Gasteiger partial charge on any atom is -0.497 e. The molecule has 2 N–H and O–H groups in total. The summed E-state index contributed by atoms with van der Waals surface area (Å²) in [5.41, 5.74) is 8.29. The molecule has 0 aliphatic rings. The molecule has 2 aromatic rings. The van der Waals surface area contributed by atoms with Gasteiger partial charge in [0.2, 0.25) is 0 Å². The molecule has 0 fully saturated rings. The Morgan fingerprint density at radius 2 is 1.90 bits per heavy atom. The molecule has 0 heterocycles. The Kier molecular flexibility index (Phi) is 5.51. The topological polar surface area (TPSA) is 44.5 Å². The van der Waals surface area contributed by atoms with E-state index < -0.39 is 0 Å². The maximum Gasteiger partial charge on any atom is 0.123 e. The summed E-state index contributed by atoms with van der Waals surface area (Å²) < 4.78 is 11.6.